The number of carboxylic acid groups (broad SMARTS) is 1. The van der Waals surface area contributed by atoms with Crippen LogP contribution in [0.2, 0.25) is 0 Å². The molecule has 2 aromatic rings. The van der Waals surface area contributed by atoms with Crippen molar-refractivity contribution < 1.29 is 9.90 Å². The van der Waals surface area contributed by atoms with Gasteiger partial charge >= 0.3 is 5.97 Å². The molecule has 0 aromatic carbocycles. The first-order valence-corrected chi connectivity index (χ1v) is 5.93. The van der Waals surface area contributed by atoms with Gasteiger partial charge in [0, 0.05) is 42.6 Å². The van der Waals surface area contributed by atoms with Crippen molar-refractivity contribution in [1.29, 1.82) is 0 Å². The van der Waals surface area contributed by atoms with E-state index < -0.39 is 5.97 Å². The fraction of sp³-hybridized carbons (Fsp3) is 0.273. The highest BCUT2D eigenvalue weighted by atomic mass is 79.9. The van der Waals surface area contributed by atoms with E-state index in [1.54, 1.807) is 27.7 Å². The number of hydrogen-bond donors (Lipinski definition) is 1. The lowest BCUT2D eigenvalue weighted by molar-refractivity contribution is 0.0685. The Kier molecular flexibility index (Phi) is 3.33. The number of hydrogen-bond acceptors (Lipinski definition) is 2. The number of carbonyl (C=O) groups is 1. The van der Waals surface area contributed by atoms with Crippen molar-refractivity contribution in [2.24, 2.45) is 7.05 Å². The Morgan fingerprint density at radius 1 is 1.59 bits per heavy atom. The van der Waals surface area contributed by atoms with Gasteiger partial charge in [-0.1, -0.05) is 0 Å². The van der Waals surface area contributed by atoms with Gasteiger partial charge in [0.25, 0.3) is 0 Å². The molecule has 5 nitrogen and oxygen atoms in total. The summed E-state index contributed by atoms with van der Waals surface area (Å²) in [6.07, 6.45) is 4.26. The predicted octanol–water partition coefficient (Wildman–Crippen LogP) is 1.93. The van der Waals surface area contributed by atoms with E-state index in [0.29, 0.717) is 12.2 Å². The van der Waals surface area contributed by atoms with Crippen LogP contribution >= 0.6 is 15.9 Å². The minimum absolute atomic E-state index is 0.291. The lowest BCUT2D eigenvalue weighted by atomic mass is 10.3. The van der Waals surface area contributed by atoms with Crippen LogP contribution in [-0.2, 0) is 20.0 Å². The van der Waals surface area contributed by atoms with Crippen LogP contribution in [0.5, 0.6) is 0 Å². The zero-order valence-corrected chi connectivity index (χ0v) is 10.9. The summed E-state index contributed by atoms with van der Waals surface area (Å²) >= 11 is 3.28. The number of aryl methyl sites for hydroxylation is 3. The Morgan fingerprint density at radius 2 is 2.35 bits per heavy atom. The zero-order chi connectivity index (χ0) is 12.4. The molecule has 0 atom stereocenters. The van der Waals surface area contributed by atoms with Crippen LogP contribution in [0.4, 0.5) is 0 Å². The first kappa shape index (κ1) is 11.9. The van der Waals surface area contributed by atoms with Crippen LogP contribution < -0.4 is 0 Å². The molecule has 2 heterocycles. The van der Waals surface area contributed by atoms with Gasteiger partial charge in [-0.2, -0.15) is 5.10 Å². The van der Waals surface area contributed by atoms with Crippen molar-refractivity contribution in [2.45, 2.75) is 13.0 Å². The highest BCUT2D eigenvalue weighted by Crippen LogP contribution is 2.15. The Morgan fingerprint density at radius 3 is 2.94 bits per heavy atom. The summed E-state index contributed by atoms with van der Waals surface area (Å²) in [4.78, 5) is 11.0. The van der Waals surface area contributed by atoms with E-state index in [1.807, 2.05) is 13.1 Å². The van der Waals surface area contributed by atoms with Crippen LogP contribution in [0.1, 0.15) is 16.2 Å². The number of carboxylic acids is 1. The van der Waals surface area contributed by atoms with Crippen LogP contribution in [0.15, 0.2) is 29.0 Å². The van der Waals surface area contributed by atoms with Gasteiger partial charge in [0.05, 0.1) is 0 Å². The van der Waals surface area contributed by atoms with Crippen molar-refractivity contribution in [3.63, 3.8) is 0 Å². The lowest BCUT2D eigenvalue weighted by Crippen LogP contribution is -2.10. The molecule has 2 rings (SSSR count). The minimum atomic E-state index is -0.916. The highest BCUT2D eigenvalue weighted by molar-refractivity contribution is 9.10. The average molecular weight is 298 g/mol. The van der Waals surface area contributed by atoms with Crippen molar-refractivity contribution in [3.8, 4) is 0 Å². The molecule has 0 bridgehead atoms. The third-order valence-corrected chi connectivity index (χ3v) is 3.05. The highest BCUT2D eigenvalue weighted by Gasteiger charge is 2.11. The van der Waals surface area contributed by atoms with Gasteiger partial charge < -0.3 is 9.67 Å². The monoisotopic (exact) mass is 297 g/mol. The smallest absolute Gasteiger partial charge is 0.352 e. The number of aromatic carboxylic acids is 1. The molecular weight excluding hydrogens is 286 g/mol. The van der Waals surface area contributed by atoms with Crippen molar-refractivity contribution in [3.05, 3.63) is 40.4 Å². The predicted molar refractivity (Wildman–Crippen MR) is 66.0 cm³/mol. The van der Waals surface area contributed by atoms with E-state index in [2.05, 4.69) is 21.0 Å². The molecule has 0 aliphatic carbocycles. The van der Waals surface area contributed by atoms with E-state index >= 15 is 0 Å². The van der Waals surface area contributed by atoms with E-state index in [0.717, 1.165) is 16.6 Å². The van der Waals surface area contributed by atoms with Gasteiger partial charge in [0.1, 0.15) is 5.69 Å². The topological polar surface area (TPSA) is 60.0 Å². The summed E-state index contributed by atoms with van der Waals surface area (Å²) < 4.78 is 4.29. The fourth-order valence-electron chi connectivity index (χ4n) is 1.72. The second-order valence-corrected chi connectivity index (χ2v) is 4.65. The maximum Gasteiger partial charge on any atom is 0.352 e. The summed E-state index contributed by atoms with van der Waals surface area (Å²) in [6.45, 7) is 0.618. The van der Waals surface area contributed by atoms with Gasteiger partial charge in [0.15, 0.2) is 0 Å². The second kappa shape index (κ2) is 4.75. The molecule has 0 saturated carbocycles. The SMILES string of the molecule is Cn1nccc1CCn1cc(Br)cc1C(=O)O. The quantitative estimate of drug-likeness (QED) is 0.938. The Bertz CT molecular complexity index is 545. The Hall–Kier alpha value is -1.56. The standard InChI is InChI=1S/C11H12BrN3O2/c1-14-9(2-4-13-14)3-5-15-7-8(12)6-10(15)11(16)17/h2,4,6-7H,3,5H2,1H3,(H,16,17). The molecule has 0 aliphatic heterocycles. The molecular formula is C11H12BrN3O2. The van der Waals surface area contributed by atoms with Crippen LogP contribution in [0.3, 0.4) is 0 Å². The number of nitrogens with zero attached hydrogens (tertiary/aromatic N) is 3. The zero-order valence-electron chi connectivity index (χ0n) is 9.30. The lowest BCUT2D eigenvalue weighted by Gasteiger charge is -2.06. The first-order valence-electron chi connectivity index (χ1n) is 5.14. The van der Waals surface area contributed by atoms with Crippen molar-refractivity contribution >= 4 is 21.9 Å². The maximum absolute atomic E-state index is 11.0. The normalized spacial score (nSPS) is 10.7. The van der Waals surface area contributed by atoms with E-state index in [9.17, 15) is 4.79 Å². The molecule has 1 N–H and O–H groups in total. The summed E-state index contributed by atoms with van der Waals surface area (Å²) in [5.74, 6) is -0.916. The number of rotatable bonds is 4. The van der Waals surface area contributed by atoms with E-state index in [1.165, 1.54) is 0 Å². The summed E-state index contributed by atoms with van der Waals surface area (Å²) in [5, 5.41) is 13.1. The molecule has 0 amide bonds. The summed E-state index contributed by atoms with van der Waals surface area (Å²) in [6, 6.07) is 3.53. The third kappa shape index (κ3) is 2.58. The van der Waals surface area contributed by atoms with Gasteiger partial charge in [-0.25, -0.2) is 4.79 Å². The molecule has 6 heteroatoms. The molecule has 0 radical (unpaired) electrons. The second-order valence-electron chi connectivity index (χ2n) is 3.74. The van der Waals surface area contributed by atoms with Crippen LogP contribution in [0, 0.1) is 0 Å². The maximum atomic E-state index is 11.0. The molecule has 17 heavy (non-hydrogen) atoms. The molecule has 0 spiro atoms. The van der Waals surface area contributed by atoms with Gasteiger partial charge in [0.2, 0.25) is 0 Å². The molecule has 0 fully saturated rings. The molecule has 0 saturated heterocycles. The molecule has 0 aliphatic rings. The number of aromatic nitrogens is 3. The minimum Gasteiger partial charge on any atom is -0.477 e. The van der Waals surface area contributed by atoms with Gasteiger partial charge in [-0.15, -0.1) is 0 Å². The average Bonchev–Trinajstić information content (AvgIpc) is 2.82. The largest absolute Gasteiger partial charge is 0.477 e. The van der Waals surface area contributed by atoms with Crippen molar-refractivity contribution in [2.75, 3.05) is 0 Å². The van der Waals surface area contributed by atoms with Crippen LogP contribution in [-0.4, -0.2) is 25.4 Å². The first-order chi connectivity index (χ1) is 8.08. The molecule has 90 valence electrons. The van der Waals surface area contributed by atoms with Crippen LogP contribution in [0.25, 0.3) is 0 Å². The molecule has 0 unspecified atom stereocenters. The number of halogens is 1. The van der Waals surface area contributed by atoms with E-state index in [-0.39, 0.29) is 0 Å². The van der Waals surface area contributed by atoms with Crippen molar-refractivity contribution in [1.82, 2.24) is 14.3 Å². The third-order valence-electron chi connectivity index (χ3n) is 2.61. The van der Waals surface area contributed by atoms with Gasteiger partial charge in [-0.05, 0) is 28.1 Å². The molecule has 2 aromatic heterocycles. The van der Waals surface area contributed by atoms with E-state index in [4.69, 9.17) is 5.11 Å². The Balaban J connectivity index is 2.14. The Labute approximate surface area is 107 Å². The summed E-state index contributed by atoms with van der Waals surface area (Å²) in [5.41, 5.74) is 1.37. The van der Waals surface area contributed by atoms with Gasteiger partial charge in [-0.3, -0.25) is 4.68 Å². The fourth-order valence-corrected chi connectivity index (χ4v) is 2.18. The summed E-state index contributed by atoms with van der Waals surface area (Å²) in [7, 11) is 1.87.